The minimum absolute atomic E-state index is 0.159. The fraction of sp³-hybridized carbons (Fsp3) is 0.133. The average molecular weight is 305 g/mol. The SMILES string of the molecule is C[NH2+]C(=O)Cc1ccc(-c2ccc(Br)cc2)cc1. The Bertz CT molecular complexity index is 531. The molecule has 2 aromatic rings. The van der Waals surface area contributed by atoms with Gasteiger partial charge in [-0.1, -0.05) is 52.3 Å². The summed E-state index contributed by atoms with van der Waals surface area (Å²) in [5, 5.41) is 1.61. The van der Waals surface area contributed by atoms with Gasteiger partial charge >= 0.3 is 5.91 Å². The van der Waals surface area contributed by atoms with Crippen LogP contribution in [0.1, 0.15) is 5.56 Å². The average Bonchev–Trinajstić information content (AvgIpc) is 2.40. The monoisotopic (exact) mass is 304 g/mol. The molecule has 2 N–H and O–H groups in total. The molecule has 2 rings (SSSR count). The van der Waals surface area contributed by atoms with Crippen molar-refractivity contribution in [2.75, 3.05) is 7.05 Å². The molecule has 2 aromatic carbocycles. The summed E-state index contributed by atoms with van der Waals surface area (Å²) >= 11 is 3.42. The maximum atomic E-state index is 11.3. The van der Waals surface area contributed by atoms with Crippen LogP contribution in [-0.2, 0) is 11.2 Å². The summed E-state index contributed by atoms with van der Waals surface area (Å²) in [4.78, 5) is 11.3. The summed E-state index contributed by atoms with van der Waals surface area (Å²) < 4.78 is 1.08. The van der Waals surface area contributed by atoms with Crippen LogP contribution < -0.4 is 5.32 Å². The summed E-state index contributed by atoms with van der Waals surface area (Å²) in [5.74, 6) is 0.159. The molecule has 3 heteroatoms. The van der Waals surface area contributed by atoms with Crippen molar-refractivity contribution in [1.82, 2.24) is 0 Å². The fourth-order valence-electron chi connectivity index (χ4n) is 1.76. The van der Waals surface area contributed by atoms with Gasteiger partial charge < -0.3 is 0 Å². The molecule has 0 fully saturated rings. The van der Waals surface area contributed by atoms with Gasteiger partial charge in [-0.2, -0.15) is 0 Å². The minimum atomic E-state index is 0.159. The number of primary amides is 1. The number of rotatable bonds is 3. The van der Waals surface area contributed by atoms with E-state index >= 15 is 0 Å². The molecule has 0 aliphatic heterocycles. The van der Waals surface area contributed by atoms with E-state index in [-0.39, 0.29) is 5.91 Å². The van der Waals surface area contributed by atoms with Gasteiger partial charge in [-0.25, -0.2) is 4.79 Å². The van der Waals surface area contributed by atoms with Crippen LogP contribution in [0.2, 0.25) is 0 Å². The van der Waals surface area contributed by atoms with Crippen molar-refractivity contribution < 1.29 is 10.1 Å². The van der Waals surface area contributed by atoms with Gasteiger partial charge in [0, 0.05) is 4.47 Å². The van der Waals surface area contributed by atoms with Gasteiger partial charge in [0.1, 0.15) is 0 Å². The second-order valence-electron chi connectivity index (χ2n) is 4.14. The molecule has 0 radical (unpaired) electrons. The van der Waals surface area contributed by atoms with Gasteiger partial charge in [-0.3, -0.25) is 5.32 Å². The van der Waals surface area contributed by atoms with Crippen molar-refractivity contribution in [2.45, 2.75) is 6.42 Å². The van der Waals surface area contributed by atoms with Crippen LogP contribution >= 0.6 is 15.9 Å². The second-order valence-corrected chi connectivity index (χ2v) is 5.05. The van der Waals surface area contributed by atoms with Crippen molar-refractivity contribution in [3.8, 4) is 11.1 Å². The van der Waals surface area contributed by atoms with E-state index in [1.807, 2.05) is 24.3 Å². The van der Waals surface area contributed by atoms with Crippen molar-refractivity contribution in [1.29, 1.82) is 0 Å². The molecule has 0 aliphatic carbocycles. The molecule has 0 bridgehead atoms. The molecule has 0 unspecified atom stereocenters. The standard InChI is InChI=1S/C15H14BrNO/c1-17-15(18)10-11-2-4-12(5-3-11)13-6-8-14(16)9-7-13/h2-9H,10H2,1H3,(H,17,18)/p+1. The van der Waals surface area contributed by atoms with E-state index in [1.54, 1.807) is 12.4 Å². The maximum absolute atomic E-state index is 11.3. The summed E-state index contributed by atoms with van der Waals surface area (Å²) in [5.41, 5.74) is 3.40. The molecular formula is C15H15BrNO+. The zero-order valence-corrected chi connectivity index (χ0v) is 11.8. The van der Waals surface area contributed by atoms with Gasteiger partial charge in [-0.05, 0) is 28.8 Å². The first-order valence-electron chi connectivity index (χ1n) is 5.86. The van der Waals surface area contributed by atoms with E-state index < -0.39 is 0 Å². The number of hydrogen-bond acceptors (Lipinski definition) is 1. The molecular weight excluding hydrogens is 290 g/mol. The van der Waals surface area contributed by atoms with E-state index in [9.17, 15) is 4.79 Å². The third-order valence-electron chi connectivity index (χ3n) is 2.83. The molecule has 18 heavy (non-hydrogen) atoms. The third-order valence-corrected chi connectivity index (χ3v) is 3.36. The Kier molecular flexibility index (Phi) is 4.28. The quantitative estimate of drug-likeness (QED) is 0.928. The summed E-state index contributed by atoms with van der Waals surface area (Å²) in [6.45, 7) is 0. The zero-order chi connectivity index (χ0) is 13.0. The van der Waals surface area contributed by atoms with Gasteiger partial charge in [0.15, 0.2) is 0 Å². The Morgan fingerprint density at radius 3 is 2.00 bits per heavy atom. The molecule has 0 atom stereocenters. The summed E-state index contributed by atoms with van der Waals surface area (Å²) in [6, 6.07) is 16.3. The zero-order valence-electron chi connectivity index (χ0n) is 10.2. The van der Waals surface area contributed by atoms with Crippen molar-refractivity contribution in [3.63, 3.8) is 0 Å². The number of carbonyl (C=O) groups excluding carboxylic acids is 1. The topological polar surface area (TPSA) is 33.7 Å². The lowest BCUT2D eigenvalue weighted by Crippen LogP contribution is -2.84. The molecule has 0 heterocycles. The predicted octanol–water partition coefficient (Wildman–Crippen LogP) is 2.38. The van der Waals surface area contributed by atoms with Crippen LogP contribution in [0.5, 0.6) is 0 Å². The third kappa shape index (κ3) is 3.28. The minimum Gasteiger partial charge on any atom is -0.285 e. The van der Waals surface area contributed by atoms with E-state index in [1.165, 1.54) is 11.1 Å². The Hall–Kier alpha value is -1.45. The summed E-state index contributed by atoms with van der Waals surface area (Å²) in [6.07, 6.45) is 0.483. The number of nitrogens with two attached hydrogens (primary N) is 1. The normalized spacial score (nSPS) is 10.3. The first kappa shape index (κ1) is 13.0. The van der Waals surface area contributed by atoms with Crippen molar-refractivity contribution >= 4 is 21.8 Å². The van der Waals surface area contributed by atoms with Crippen molar-refractivity contribution in [2.24, 2.45) is 0 Å². The highest BCUT2D eigenvalue weighted by molar-refractivity contribution is 9.10. The molecule has 0 saturated heterocycles. The van der Waals surface area contributed by atoms with Crippen LogP contribution in [-0.4, -0.2) is 13.0 Å². The first-order valence-corrected chi connectivity index (χ1v) is 6.65. The number of halogens is 1. The number of benzene rings is 2. The molecule has 0 aromatic heterocycles. The number of quaternary nitrogens is 1. The highest BCUT2D eigenvalue weighted by atomic mass is 79.9. The fourth-order valence-corrected chi connectivity index (χ4v) is 2.02. The van der Waals surface area contributed by atoms with Crippen molar-refractivity contribution in [3.05, 3.63) is 58.6 Å². The van der Waals surface area contributed by atoms with Crippen LogP contribution in [0.4, 0.5) is 0 Å². The van der Waals surface area contributed by atoms with Crippen LogP contribution in [0.15, 0.2) is 53.0 Å². The number of carbonyl (C=O) groups is 1. The lowest BCUT2D eigenvalue weighted by Gasteiger charge is -2.03. The number of likely N-dealkylation sites (N-methyl/N-ethyl adjacent to an activating group) is 1. The predicted molar refractivity (Wildman–Crippen MR) is 76.1 cm³/mol. The van der Waals surface area contributed by atoms with Gasteiger partial charge in [0.05, 0.1) is 13.5 Å². The van der Waals surface area contributed by atoms with Gasteiger partial charge in [-0.15, -0.1) is 0 Å². The Balaban J connectivity index is 2.17. The number of amides is 1. The maximum Gasteiger partial charge on any atom is 0.314 e. The van der Waals surface area contributed by atoms with Crippen LogP contribution in [0.25, 0.3) is 11.1 Å². The smallest absolute Gasteiger partial charge is 0.285 e. The van der Waals surface area contributed by atoms with Gasteiger partial charge in [0.25, 0.3) is 0 Å². The van der Waals surface area contributed by atoms with E-state index in [4.69, 9.17) is 0 Å². The van der Waals surface area contributed by atoms with Crippen LogP contribution in [0.3, 0.4) is 0 Å². The Labute approximate surface area is 115 Å². The largest absolute Gasteiger partial charge is 0.314 e. The molecule has 2 nitrogen and oxygen atoms in total. The lowest BCUT2D eigenvalue weighted by molar-refractivity contribution is -0.538. The first-order chi connectivity index (χ1) is 8.69. The Morgan fingerprint density at radius 1 is 1.00 bits per heavy atom. The molecule has 1 amide bonds. The van der Waals surface area contributed by atoms with E-state index in [2.05, 4.69) is 40.2 Å². The van der Waals surface area contributed by atoms with E-state index in [0.717, 1.165) is 10.0 Å². The molecule has 0 spiro atoms. The van der Waals surface area contributed by atoms with Crippen LogP contribution in [0, 0.1) is 0 Å². The molecule has 0 aliphatic rings. The van der Waals surface area contributed by atoms with E-state index in [0.29, 0.717) is 6.42 Å². The van der Waals surface area contributed by atoms with Gasteiger partial charge in [0.2, 0.25) is 0 Å². The number of hydrogen-bond donors (Lipinski definition) is 1. The molecule has 0 saturated carbocycles. The highest BCUT2D eigenvalue weighted by Crippen LogP contribution is 2.22. The molecule has 92 valence electrons. The second kappa shape index (κ2) is 5.94. The summed E-state index contributed by atoms with van der Waals surface area (Å²) in [7, 11) is 1.78. The Morgan fingerprint density at radius 2 is 1.50 bits per heavy atom. The lowest BCUT2D eigenvalue weighted by atomic mass is 10.0. The highest BCUT2D eigenvalue weighted by Gasteiger charge is 2.04.